The predicted molar refractivity (Wildman–Crippen MR) is 73.5 cm³/mol. The Bertz CT molecular complexity index is 549. The second-order valence-electron chi connectivity index (χ2n) is 6.08. The van der Waals surface area contributed by atoms with Crippen LogP contribution >= 0.6 is 0 Å². The van der Waals surface area contributed by atoms with Crippen LogP contribution in [0.25, 0.3) is 0 Å². The number of fused-ring (bicyclic) bond motifs is 1. The molecular formula is C15H21NO4. The average Bonchev–Trinajstić information content (AvgIpc) is 2.56. The SMILES string of the molecule is Cc1cc2c(c(C)c1CCO[NH+]([O-])O)CC(C)(C)C2=O. The Morgan fingerprint density at radius 2 is 2.10 bits per heavy atom. The van der Waals surface area contributed by atoms with E-state index in [9.17, 15) is 10.0 Å². The summed E-state index contributed by atoms with van der Waals surface area (Å²) >= 11 is 0. The molecule has 5 nitrogen and oxygen atoms in total. The number of nitrogens with one attached hydrogen (secondary N) is 1. The van der Waals surface area contributed by atoms with Gasteiger partial charge in [0, 0.05) is 17.4 Å². The van der Waals surface area contributed by atoms with Crippen molar-refractivity contribution in [2.24, 2.45) is 5.41 Å². The van der Waals surface area contributed by atoms with Gasteiger partial charge in [0.15, 0.2) is 5.78 Å². The third kappa shape index (κ3) is 2.62. The first kappa shape index (κ1) is 15.1. The predicted octanol–water partition coefficient (Wildman–Crippen LogP) is 1.31. The Balaban J connectivity index is 2.32. The van der Waals surface area contributed by atoms with Crippen molar-refractivity contribution < 1.29 is 20.2 Å². The molecule has 1 aliphatic rings. The summed E-state index contributed by atoms with van der Waals surface area (Å²) in [6.07, 6.45) is 1.30. The van der Waals surface area contributed by atoms with Crippen LogP contribution < -0.4 is 5.39 Å². The average molecular weight is 279 g/mol. The van der Waals surface area contributed by atoms with E-state index in [0.717, 1.165) is 34.2 Å². The van der Waals surface area contributed by atoms with E-state index >= 15 is 0 Å². The molecule has 0 aromatic heterocycles. The van der Waals surface area contributed by atoms with E-state index in [1.807, 2.05) is 33.8 Å². The highest BCUT2D eigenvalue weighted by Gasteiger charge is 2.38. The van der Waals surface area contributed by atoms with Crippen LogP contribution in [0.2, 0.25) is 0 Å². The molecular weight excluding hydrogens is 258 g/mol. The van der Waals surface area contributed by atoms with E-state index in [0.29, 0.717) is 6.42 Å². The van der Waals surface area contributed by atoms with Crippen LogP contribution in [0.3, 0.4) is 0 Å². The van der Waals surface area contributed by atoms with E-state index in [1.54, 1.807) is 0 Å². The monoisotopic (exact) mass is 279 g/mol. The minimum Gasteiger partial charge on any atom is -0.566 e. The van der Waals surface area contributed by atoms with Crippen LogP contribution in [-0.4, -0.2) is 17.6 Å². The lowest BCUT2D eigenvalue weighted by molar-refractivity contribution is -1.21. The molecule has 0 fully saturated rings. The summed E-state index contributed by atoms with van der Waals surface area (Å²) in [5.41, 5.74) is 4.82. The van der Waals surface area contributed by atoms with Crippen LogP contribution in [0.5, 0.6) is 0 Å². The molecule has 1 unspecified atom stereocenters. The number of benzene rings is 1. The van der Waals surface area contributed by atoms with Gasteiger partial charge >= 0.3 is 0 Å². The fourth-order valence-corrected chi connectivity index (χ4v) is 3.01. The van der Waals surface area contributed by atoms with Crippen molar-refractivity contribution in [1.82, 2.24) is 0 Å². The first-order valence-corrected chi connectivity index (χ1v) is 6.76. The van der Waals surface area contributed by atoms with Gasteiger partial charge in [-0.15, -0.1) is 0 Å². The van der Waals surface area contributed by atoms with Crippen molar-refractivity contribution >= 4 is 5.78 Å². The maximum absolute atomic E-state index is 12.3. The fourth-order valence-electron chi connectivity index (χ4n) is 3.01. The quantitative estimate of drug-likeness (QED) is 0.815. The Kier molecular flexibility index (Phi) is 3.97. The number of hydrogen-bond donors (Lipinski definition) is 2. The number of aryl methyl sites for hydroxylation is 1. The summed E-state index contributed by atoms with van der Waals surface area (Å²) in [4.78, 5) is 16.9. The second kappa shape index (κ2) is 5.26. The standard InChI is InChI=1S/C15H21NO4/c1-9-7-12-13(8-15(3,4)14(12)17)10(2)11(9)5-6-20-16(18)19/h7,16,18H,5-6,8H2,1-4H3. The third-order valence-electron chi connectivity index (χ3n) is 4.12. The third-order valence-corrected chi connectivity index (χ3v) is 4.12. The van der Waals surface area contributed by atoms with Crippen molar-refractivity contribution in [2.75, 3.05) is 6.61 Å². The van der Waals surface area contributed by atoms with Crippen molar-refractivity contribution in [3.8, 4) is 0 Å². The molecule has 0 saturated carbocycles. The Morgan fingerprint density at radius 3 is 2.70 bits per heavy atom. The minimum absolute atomic E-state index is 0.146. The number of ketones is 1. The smallest absolute Gasteiger partial charge is 0.169 e. The van der Waals surface area contributed by atoms with Crippen LogP contribution in [0, 0.1) is 24.5 Å². The summed E-state index contributed by atoms with van der Waals surface area (Å²) in [5.74, 6) is 0.201. The minimum atomic E-state index is -1.25. The van der Waals surface area contributed by atoms with E-state index in [-0.39, 0.29) is 17.8 Å². The zero-order valence-corrected chi connectivity index (χ0v) is 12.4. The molecule has 1 atom stereocenters. The molecule has 110 valence electrons. The maximum atomic E-state index is 12.3. The molecule has 1 aromatic carbocycles. The second-order valence-corrected chi connectivity index (χ2v) is 6.08. The van der Waals surface area contributed by atoms with Gasteiger partial charge in [-0.2, -0.15) is 10.0 Å². The Labute approximate surface area is 118 Å². The first-order chi connectivity index (χ1) is 9.24. The highest BCUT2D eigenvalue weighted by Crippen LogP contribution is 2.39. The number of hydrogen-bond acceptors (Lipinski definition) is 4. The van der Waals surface area contributed by atoms with Gasteiger partial charge in [-0.05, 0) is 48.6 Å². The molecule has 0 spiro atoms. The van der Waals surface area contributed by atoms with Crippen LogP contribution in [0.4, 0.5) is 0 Å². The lowest BCUT2D eigenvalue weighted by Gasteiger charge is -2.15. The lowest BCUT2D eigenvalue weighted by atomic mass is 9.88. The van der Waals surface area contributed by atoms with Gasteiger partial charge in [-0.3, -0.25) is 4.79 Å². The molecule has 0 heterocycles. The molecule has 20 heavy (non-hydrogen) atoms. The van der Waals surface area contributed by atoms with Crippen LogP contribution in [0.1, 0.15) is 46.5 Å². The summed E-state index contributed by atoms with van der Waals surface area (Å²) in [7, 11) is 0. The van der Waals surface area contributed by atoms with Crippen molar-refractivity contribution in [1.29, 1.82) is 0 Å². The summed E-state index contributed by atoms with van der Waals surface area (Å²) in [6, 6.07) is 1.94. The fraction of sp³-hybridized carbons (Fsp3) is 0.533. The molecule has 0 saturated heterocycles. The van der Waals surface area contributed by atoms with E-state index < -0.39 is 5.39 Å². The van der Waals surface area contributed by atoms with Crippen LogP contribution in [-0.2, 0) is 17.7 Å². The van der Waals surface area contributed by atoms with E-state index in [1.165, 1.54) is 0 Å². The maximum Gasteiger partial charge on any atom is 0.169 e. The molecule has 2 rings (SSSR count). The van der Waals surface area contributed by atoms with Gasteiger partial charge in [0.25, 0.3) is 0 Å². The van der Waals surface area contributed by atoms with Gasteiger partial charge in [0.05, 0.1) is 0 Å². The van der Waals surface area contributed by atoms with Gasteiger partial charge < -0.3 is 5.21 Å². The molecule has 5 heteroatoms. The number of Topliss-reactive ketones (excluding diaryl/α,β-unsaturated/α-hetero) is 1. The zero-order valence-electron chi connectivity index (χ0n) is 12.4. The molecule has 0 radical (unpaired) electrons. The molecule has 0 amide bonds. The summed E-state index contributed by atoms with van der Waals surface area (Å²) in [6.45, 7) is 8.06. The molecule has 2 N–H and O–H groups in total. The number of carbonyl (C=O) groups excluding carboxylic acids is 1. The molecule has 0 aliphatic heterocycles. The lowest BCUT2D eigenvalue weighted by Crippen LogP contribution is -3.03. The Morgan fingerprint density at radius 1 is 1.45 bits per heavy atom. The molecule has 1 aromatic rings. The number of quaternary nitrogens is 1. The largest absolute Gasteiger partial charge is 0.566 e. The van der Waals surface area contributed by atoms with Gasteiger partial charge in [-0.25, -0.2) is 0 Å². The number of carbonyl (C=O) groups is 1. The zero-order chi connectivity index (χ0) is 15.1. The van der Waals surface area contributed by atoms with Crippen molar-refractivity contribution in [2.45, 2.75) is 40.5 Å². The molecule has 1 aliphatic carbocycles. The highest BCUT2D eigenvalue weighted by molar-refractivity contribution is 6.05. The van der Waals surface area contributed by atoms with Gasteiger partial charge in [-0.1, -0.05) is 19.2 Å². The van der Waals surface area contributed by atoms with Gasteiger partial charge in [0.1, 0.15) is 6.61 Å². The van der Waals surface area contributed by atoms with Gasteiger partial charge in [0.2, 0.25) is 0 Å². The van der Waals surface area contributed by atoms with E-state index in [4.69, 9.17) is 5.21 Å². The van der Waals surface area contributed by atoms with Crippen LogP contribution in [0.15, 0.2) is 6.07 Å². The normalized spacial score (nSPS) is 18.2. The molecule has 0 bridgehead atoms. The Hall–Kier alpha value is -1.27. The summed E-state index contributed by atoms with van der Waals surface area (Å²) < 4.78 is 0. The topological polar surface area (TPSA) is 74.0 Å². The van der Waals surface area contributed by atoms with E-state index in [2.05, 4.69) is 4.84 Å². The van der Waals surface area contributed by atoms with Crippen molar-refractivity contribution in [3.63, 3.8) is 0 Å². The highest BCUT2D eigenvalue weighted by atomic mass is 17.1. The number of rotatable bonds is 4. The first-order valence-electron chi connectivity index (χ1n) is 6.76. The summed E-state index contributed by atoms with van der Waals surface area (Å²) in [5, 5.41) is 17.7. The van der Waals surface area contributed by atoms with Crippen molar-refractivity contribution in [3.05, 3.63) is 39.1 Å².